The zero-order chi connectivity index (χ0) is 27.2. The fourth-order valence-corrected chi connectivity index (χ4v) is 5.43. The molecule has 0 aliphatic carbocycles. The Bertz CT molecular complexity index is 1510. The molecule has 0 unspecified atom stereocenters. The van der Waals surface area contributed by atoms with E-state index in [9.17, 15) is 23.2 Å². The van der Waals surface area contributed by atoms with Gasteiger partial charge in [0.25, 0.3) is 5.91 Å². The number of carbonyl (C=O) groups is 3. The van der Waals surface area contributed by atoms with Crippen molar-refractivity contribution in [3.8, 4) is 12.3 Å². The topological polar surface area (TPSA) is 91.4 Å². The quantitative estimate of drug-likeness (QED) is 0.506. The fraction of sp³-hybridized carbons (Fsp3) is 0.310. The molecular weight excluding hydrogens is 490 g/mol. The third-order valence-corrected chi connectivity index (χ3v) is 7.17. The second-order valence-corrected chi connectivity index (χ2v) is 10.4. The van der Waals surface area contributed by atoms with Crippen molar-refractivity contribution in [2.24, 2.45) is 0 Å². The number of pyridine rings is 1. The molecule has 1 saturated heterocycles. The summed E-state index contributed by atoms with van der Waals surface area (Å²) in [5.41, 5.74) is -1.40. The highest BCUT2D eigenvalue weighted by molar-refractivity contribution is 6.07. The van der Waals surface area contributed by atoms with Crippen LogP contribution in [0, 0.1) is 18.2 Å². The number of halogens is 2. The van der Waals surface area contributed by atoms with Crippen LogP contribution in [0.4, 0.5) is 14.5 Å². The number of para-hydroxylation sites is 1. The smallest absolute Gasteiger partial charge is 0.252 e. The number of likely N-dealkylation sites (tertiary alicyclic amines) is 1. The number of rotatable bonds is 5. The molecule has 38 heavy (non-hydrogen) atoms. The number of hydrogen-bond donors (Lipinski definition) is 2. The highest BCUT2D eigenvalue weighted by Crippen LogP contribution is 2.46. The predicted octanol–water partition coefficient (Wildman–Crippen LogP) is 3.73. The summed E-state index contributed by atoms with van der Waals surface area (Å²) in [5.74, 6) is 0.283. The van der Waals surface area contributed by atoms with Crippen molar-refractivity contribution in [2.45, 2.75) is 49.9 Å². The van der Waals surface area contributed by atoms with E-state index in [-0.39, 0.29) is 36.4 Å². The van der Waals surface area contributed by atoms with E-state index >= 15 is 0 Å². The maximum Gasteiger partial charge on any atom is 0.252 e. The van der Waals surface area contributed by atoms with Gasteiger partial charge in [0.2, 0.25) is 11.8 Å². The molecule has 1 fully saturated rings. The second kappa shape index (κ2) is 9.21. The zero-order valence-electron chi connectivity index (χ0n) is 20.9. The van der Waals surface area contributed by atoms with Gasteiger partial charge in [-0.05, 0) is 50.1 Å². The summed E-state index contributed by atoms with van der Waals surface area (Å²) in [5, 5.41) is 5.85. The van der Waals surface area contributed by atoms with Gasteiger partial charge >= 0.3 is 0 Å². The van der Waals surface area contributed by atoms with Gasteiger partial charge in [-0.3, -0.25) is 19.4 Å². The first kappa shape index (κ1) is 25.3. The molecule has 5 rings (SSSR count). The van der Waals surface area contributed by atoms with Crippen LogP contribution < -0.4 is 10.6 Å². The maximum atomic E-state index is 14.8. The molecule has 2 N–H and O–H groups in total. The van der Waals surface area contributed by atoms with Crippen molar-refractivity contribution in [3.63, 3.8) is 0 Å². The number of nitrogens with zero attached hydrogens (tertiary/aromatic N) is 2. The molecule has 0 bridgehead atoms. The van der Waals surface area contributed by atoms with Crippen molar-refractivity contribution in [1.82, 2.24) is 15.2 Å². The largest absolute Gasteiger partial charge is 0.340 e. The van der Waals surface area contributed by atoms with E-state index in [1.54, 1.807) is 24.3 Å². The van der Waals surface area contributed by atoms with Crippen LogP contribution in [-0.4, -0.2) is 51.9 Å². The number of benzene rings is 2. The van der Waals surface area contributed by atoms with Gasteiger partial charge in [0, 0.05) is 35.8 Å². The van der Waals surface area contributed by atoms with Gasteiger partial charge in [-0.2, -0.15) is 0 Å². The molecule has 3 amide bonds. The van der Waals surface area contributed by atoms with Crippen LogP contribution in [0.1, 0.15) is 42.6 Å². The number of hydrogen-bond acceptors (Lipinski definition) is 4. The monoisotopic (exact) mass is 516 g/mol. The molecule has 1 spiro atoms. The van der Waals surface area contributed by atoms with Gasteiger partial charge in [-0.25, -0.2) is 8.78 Å². The van der Waals surface area contributed by atoms with Crippen molar-refractivity contribution in [3.05, 3.63) is 71.7 Å². The Morgan fingerprint density at radius 2 is 2.05 bits per heavy atom. The first-order chi connectivity index (χ1) is 18.0. The fourth-order valence-electron chi connectivity index (χ4n) is 5.43. The van der Waals surface area contributed by atoms with E-state index < -0.39 is 40.8 Å². The Kier molecular flexibility index (Phi) is 6.14. The van der Waals surface area contributed by atoms with Crippen LogP contribution in [0.2, 0.25) is 0 Å². The lowest BCUT2D eigenvalue weighted by Gasteiger charge is -2.30. The van der Waals surface area contributed by atoms with E-state index in [1.165, 1.54) is 31.0 Å². The number of aromatic nitrogens is 1. The summed E-state index contributed by atoms with van der Waals surface area (Å²) < 4.78 is 29.5. The molecular formula is C29H26F2N4O3. The van der Waals surface area contributed by atoms with Crippen LogP contribution >= 0.6 is 0 Å². The van der Waals surface area contributed by atoms with E-state index in [1.807, 2.05) is 12.1 Å². The number of anilines is 1. The summed E-state index contributed by atoms with van der Waals surface area (Å²) in [6.45, 7) is 2.58. The molecule has 194 valence electrons. The van der Waals surface area contributed by atoms with Gasteiger partial charge < -0.3 is 15.5 Å². The Morgan fingerprint density at radius 1 is 1.29 bits per heavy atom. The van der Waals surface area contributed by atoms with Crippen molar-refractivity contribution >= 4 is 34.3 Å². The predicted molar refractivity (Wildman–Crippen MR) is 138 cm³/mol. The lowest BCUT2D eigenvalue weighted by Crippen LogP contribution is -2.52. The molecule has 2 aromatic carbocycles. The van der Waals surface area contributed by atoms with E-state index in [2.05, 4.69) is 21.5 Å². The molecule has 2 aliphatic heterocycles. The summed E-state index contributed by atoms with van der Waals surface area (Å²) >= 11 is 0. The normalized spacial score (nSPS) is 21.2. The number of carbonyl (C=O) groups excluding carboxylic acids is 3. The van der Waals surface area contributed by atoms with Gasteiger partial charge in [0.15, 0.2) is 0 Å². The maximum absolute atomic E-state index is 14.8. The summed E-state index contributed by atoms with van der Waals surface area (Å²) in [6.07, 6.45) is 7.07. The van der Waals surface area contributed by atoms with E-state index in [4.69, 9.17) is 6.42 Å². The van der Waals surface area contributed by atoms with Crippen LogP contribution in [0.15, 0.2) is 54.7 Å². The molecule has 0 radical (unpaired) electrons. The van der Waals surface area contributed by atoms with E-state index in [0.29, 0.717) is 11.1 Å². The van der Waals surface area contributed by atoms with Gasteiger partial charge in [-0.1, -0.05) is 30.2 Å². The number of amides is 3. The minimum atomic E-state index is -1.83. The molecule has 7 nitrogen and oxygen atoms in total. The summed E-state index contributed by atoms with van der Waals surface area (Å²) in [6, 6.07) is 10.9. The molecule has 0 saturated carbocycles. The van der Waals surface area contributed by atoms with Crippen LogP contribution in [0.5, 0.6) is 0 Å². The lowest BCUT2D eigenvalue weighted by atomic mass is 9.79. The van der Waals surface area contributed by atoms with Gasteiger partial charge in [0.05, 0.1) is 11.5 Å². The van der Waals surface area contributed by atoms with Crippen molar-refractivity contribution < 1.29 is 23.2 Å². The first-order valence-electron chi connectivity index (χ1n) is 12.2. The molecule has 1 aromatic heterocycles. The highest BCUT2D eigenvalue weighted by Gasteiger charge is 2.56. The highest BCUT2D eigenvalue weighted by atomic mass is 19.1. The Labute approximate surface area is 218 Å². The Morgan fingerprint density at radius 3 is 2.79 bits per heavy atom. The zero-order valence-corrected chi connectivity index (χ0v) is 20.9. The average molecular weight is 517 g/mol. The minimum Gasteiger partial charge on any atom is -0.340 e. The van der Waals surface area contributed by atoms with Crippen molar-refractivity contribution in [2.75, 3.05) is 11.9 Å². The number of nitrogens with one attached hydrogen (secondary N) is 2. The number of terminal acetylenes is 1. The van der Waals surface area contributed by atoms with Crippen LogP contribution in [0.3, 0.4) is 0 Å². The molecule has 3 atom stereocenters. The van der Waals surface area contributed by atoms with Crippen LogP contribution in [-0.2, 0) is 15.0 Å². The molecule has 3 aromatic rings. The summed E-state index contributed by atoms with van der Waals surface area (Å²) in [4.78, 5) is 45.4. The standard InChI is InChI=1S/C29H26F2N4O3/c1-4-19-14-29(20-9-5-6-10-22(20)34-27(29)38)16-35(19)26(37)23(15-28(2,3)31)33-25(36)18-12-17-8-7-11-32-24(17)21(30)13-18/h1,5-13,19,23H,14-16H2,2-3H3,(H,33,36)(H,34,38)/t19-,23+,29+/m1/s1. The van der Waals surface area contributed by atoms with Gasteiger partial charge in [-0.15, -0.1) is 6.42 Å². The Hall–Kier alpha value is -4.32. The number of alkyl halides is 1. The van der Waals surface area contributed by atoms with Crippen LogP contribution in [0.25, 0.3) is 10.9 Å². The lowest BCUT2D eigenvalue weighted by molar-refractivity contribution is -0.134. The summed E-state index contributed by atoms with van der Waals surface area (Å²) in [7, 11) is 0. The molecule has 9 heteroatoms. The Balaban J connectivity index is 1.45. The third-order valence-electron chi connectivity index (χ3n) is 7.17. The second-order valence-electron chi connectivity index (χ2n) is 10.4. The third kappa shape index (κ3) is 4.36. The SMILES string of the molecule is C#C[C@@H]1C[C@@]2(CN1C(=O)[C@H](CC(C)(C)F)NC(=O)c1cc(F)c3ncccc3c1)C(=O)Nc1ccccc12. The first-order valence-corrected chi connectivity index (χ1v) is 12.2. The van der Waals surface area contributed by atoms with Gasteiger partial charge in [0.1, 0.15) is 23.0 Å². The van der Waals surface area contributed by atoms with E-state index in [0.717, 1.165) is 11.6 Å². The number of fused-ring (bicyclic) bond motifs is 3. The van der Waals surface area contributed by atoms with Crippen molar-refractivity contribution in [1.29, 1.82) is 0 Å². The average Bonchev–Trinajstić information content (AvgIpc) is 3.40. The molecule has 3 heterocycles. The minimum absolute atomic E-state index is 0.0150. The molecule has 2 aliphatic rings.